The van der Waals surface area contributed by atoms with Crippen molar-refractivity contribution < 1.29 is 9.59 Å². The number of carbonyl (C=O) groups is 2. The van der Waals surface area contributed by atoms with Gasteiger partial charge in [-0.05, 0) is 166 Å². The molecular weight excluding hydrogens is 1000 g/mol. The third-order valence-corrected chi connectivity index (χ3v) is 15.6. The molecule has 7 aromatic rings. The number of fused-ring (bicyclic) bond motifs is 8. The first kappa shape index (κ1) is 54.5. The minimum Gasteiger partial charge on any atom is -0.354 e. The van der Waals surface area contributed by atoms with Gasteiger partial charge in [-0.25, -0.2) is 9.97 Å². The van der Waals surface area contributed by atoms with Crippen LogP contribution in [0, 0.1) is 0 Å². The highest BCUT2D eigenvalue weighted by atomic mass is 32.1. The molecule has 6 heterocycles. The highest BCUT2D eigenvalue weighted by Crippen LogP contribution is 2.41. The summed E-state index contributed by atoms with van der Waals surface area (Å²) in [5, 5.41) is 0.213. The van der Waals surface area contributed by atoms with Gasteiger partial charge in [0.2, 0.25) is 0 Å². The topological polar surface area (TPSA) is 98.0 Å². The number of aromatic amines is 2. The third-order valence-electron chi connectivity index (χ3n) is 15.2. The molecule has 80 heavy (non-hydrogen) atoms. The van der Waals surface area contributed by atoms with Gasteiger partial charge in [-0.3, -0.25) is 19.4 Å². The predicted octanol–water partition coefficient (Wildman–Crippen LogP) is 17.4. The second kappa shape index (κ2) is 23.2. The fourth-order valence-corrected chi connectivity index (χ4v) is 11.0. The lowest BCUT2D eigenvalue weighted by atomic mass is 9.97. The van der Waals surface area contributed by atoms with Crippen LogP contribution in [0.1, 0.15) is 144 Å². The second-order valence-electron chi connectivity index (χ2n) is 21.6. The largest absolute Gasteiger partial charge is 0.354 e. The normalized spacial score (nSPS) is 13.1. The summed E-state index contributed by atoms with van der Waals surface area (Å²) >= 11 is 5.45. The molecule has 3 aliphatic rings. The number of carbonyl (C=O) groups excluding carboxylic acids is 2. The van der Waals surface area contributed by atoms with Gasteiger partial charge in [-0.1, -0.05) is 164 Å². The molecule has 0 aliphatic carbocycles. The number of hydrogen-bond donors (Lipinski definition) is 2. The molecule has 2 amide bonds. The summed E-state index contributed by atoms with van der Waals surface area (Å²) in [5.74, 6) is 0.565. The second-order valence-corrected chi connectivity index (χ2v) is 22.0. The summed E-state index contributed by atoms with van der Waals surface area (Å²) in [6.07, 6.45) is 13.4. The molecule has 398 valence electrons. The number of thiocarbonyl (C=S) groups is 1. The molecule has 2 N–H and O–H groups in total. The number of amides is 2. The summed E-state index contributed by atoms with van der Waals surface area (Å²) in [7, 11) is 0. The van der Waals surface area contributed by atoms with E-state index in [2.05, 4.69) is 228 Å². The highest BCUT2D eigenvalue weighted by Gasteiger charge is 2.37. The lowest BCUT2D eigenvalue weighted by molar-refractivity contribution is -0.133. The van der Waals surface area contributed by atoms with E-state index in [-0.39, 0.29) is 10.7 Å². The predicted molar refractivity (Wildman–Crippen MR) is 335 cm³/mol. The first-order valence-electron chi connectivity index (χ1n) is 27.8. The molecule has 0 spiro atoms. The molecule has 8 bridgehead atoms. The Labute approximate surface area is 475 Å². The van der Waals surface area contributed by atoms with Gasteiger partial charge in [-0.2, -0.15) is 0 Å². The summed E-state index contributed by atoms with van der Waals surface area (Å²) in [4.78, 5) is 48.5. The Morgan fingerprint density at radius 3 is 1.24 bits per heavy atom. The van der Waals surface area contributed by atoms with Crippen molar-refractivity contribution in [1.29, 1.82) is 0 Å². The van der Waals surface area contributed by atoms with E-state index in [9.17, 15) is 9.59 Å². The van der Waals surface area contributed by atoms with Crippen molar-refractivity contribution in [3.63, 3.8) is 0 Å². The number of hydrogen-bond acceptors (Lipinski definition) is 5. The molecule has 3 aliphatic heterocycles. The molecule has 10 rings (SSSR count). The van der Waals surface area contributed by atoms with E-state index >= 15 is 0 Å². The molecule has 8 nitrogen and oxygen atoms in total. The quantitative estimate of drug-likeness (QED) is 0.0550. The fourth-order valence-electron chi connectivity index (χ4n) is 10.5. The molecule has 1 saturated heterocycles. The zero-order valence-electron chi connectivity index (χ0n) is 47.2. The van der Waals surface area contributed by atoms with Gasteiger partial charge >= 0.3 is 0 Å². The Kier molecular flexibility index (Phi) is 15.8. The van der Waals surface area contributed by atoms with Gasteiger partial charge in [0, 0.05) is 57.5 Å². The van der Waals surface area contributed by atoms with E-state index in [1.54, 1.807) is 0 Å². The Bertz CT molecular complexity index is 4030. The number of aromatic nitrogens is 4. The molecular formula is C71H66N6O2S. The molecule has 0 saturated carbocycles. The first-order chi connectivity index (χ1) is 38.6. The number of benzene rings is 4. The van der Waals surface area contributed by atoms with Gasteiger partial charge in [-0.15, -0.1) is 0 Å². The van der Waals surface area contributed by atoms with Gasteiger partial charge in [0.25, 0.3) is 11.8 Å². The number of rotatable bonds is 12. The minimum absolute atomic E-state index is 0.00840. The minimum atomic E-state index is -0.437. The van der Waals surface area contributed by atoms with Gasteiger partial charge in [0.05, 0.1) is 28.3 Å². The van der Waals surface area contributed by atoms with E-state index in [1.807, 2.05) is 19.9 Å². The number of nitrogens with one attached hydrogen (secondary N) is 2. The number of H-pyrrole nitrogens is 2. The van der Waals surface area contributed by atoms with E-state index in [0.717, 1.165) is 94.9 Å². The van der Waals surface area contributed by atoms with Crippen LogP contribution in [-0.2, 0) is 9.59 Å². The Morgan fingerprint density at radius 1 is 0.487 bits per heavy atom. The average molecular weight is 1070 g/mol. The lowest BCUT2D eigenvalue weighted by Gasteiger charge is -2.35. The maximum atomic E-state index is 13.3. The van der Waals surface area contributed by atoms with Crippen LogP contribution in [0.4, 0.5) is 0 Å². The smallest absolute Gasteiger partial charge is 0.265 e. The van der Waals surface area contributed by atoms with Crippen LogP contribution < -0.4 is 0 Å². The lowest BCUT2D eigenvalue weighted by Crippen LogP contribution is -2.55. The van der Waals surface area contributed by atoms with Gasteiger partial charge in [0.1, 0.15) is 5.57 Å². The molecule has 9 heteroatoms. The fraction of sp³-hybridized carbons (Fsp3) is 0.225. The molecule has 0 radical (unpaired) electrons. The van der Waals surface area contributed by atoms with Crippen molar-refractivity contribution >= 4 is 81.6 Å². The maximum absolute atomic E-state index is 13.3. The van der Waals surface area contributed by atoms with E-state index in [0.29, 0.717) is 36.8 Å². The van der Waals surface area contributed by atoms with Crippen molar-refractivity contribution in [3.8, 4) is 44.5 Å². The van der Waals surface area contributed by atoms with E-state index in [4.69, 9.17) is 22.2 Å². The number of nitrogens with zero attached hydrogens (tertiary/aromatic N) is 4. The number of likely N-dealkylation sites (N-methyl/N-ethyl adjacent to an activating group) is 2. The van der Waals surface area contributed by atoms with Gasteiger partial charge < -0.3 is 9.97 Å². The Morgan fingerprint density at radius 2 is 0.850 bits per heavy atom. The van der Waals surface area contributed by atoms with Crippen LogP contribution in [0.2, 0.25) is 0 Å². The van der Waals surface area contributed by atoms with Crippen molar-refractivity contribution in [3.05, 3.63) is 207 Å². The summed E-state index contributed by atoms with van der Waals surface area (Å²) < 4.78 is 0. The van der Waals surface area contributed by atoms with Crippen LogP contribution in [0.25, 0.3) is 97.0 Å². The average Bonchev–Trinajstić information content (AvgIpc) is 4.47. The SMILES string of the molecule is CCN1C(=O)C(=CC=C=C=C=C=Cc2cc3[nH]c2c(-c2ccc(C(C)C)cc2)c2nc(c(-c4ccc(C(C)C)cc4)c4ccc([nH]4)c(-c4ccc(C(C)C)cc4)c4nc(c3-c3ccc(C(C)C)cc3)C=C4)C=C2)C(=O)N(CC)C1=S. The number of allylic oxidation sites excluding steroid dienone is 2. The Balaban J connectivity index is 1.32. The van der Waals surface area contributed by atoms with Crippen molar-refractivity contribution in [1.82, 2.24) is 29.7 Å². The molecule has 0 atom stereocenters. The van der Waals surface area contributed by atoms with Gasteiger partial charge in [0.15, 0.2) is 5.11 Å². The molecule has 0 unspecified atom stereocenters. The van der Waals surface area contributed by atoms with Crippen LogP contribution in [0.15, 0.2) is 156 Å². The summed E-state index contributed by atoms with van der Waals surface area (Å²) in [5.41, 5.74) is 32.7. The third kappa shape index (κ3) is 10.8. The van der Waals surface area contributed by atoms with E-state index in [1.165, 1.54) is 44.2 Å². The summed E-state index contributed by atoms with van der Waals surface area (Å²) in [6, 6.07) is 41.8. The van der Waals surface area contributed by atoms with Crippen molar-refractivity contribution in [2.45, 2.75) is 92.9 Å². The van der Waals surface area contributed by atoms with Crippen LogP contribution >= 0.6 is 12.2 Å². The summed E-state index contributed by atoms with van der Waals surface area (Å²) in [6.45, 7) is 22.1. The standard InChI is InChI=1S/C71H66N6O2S/c1-11-76-69(78)56(70(79)77(12-2)71(76)80)19-17-15-13-14-16-18-55-42-63-66(53-32-24-49(25-33-53)45(7)8)61-39-38-59(73-61)64(51-28-20-47(21-29-51)43(3)4)57-36-37-58(72-57)65(52-30-22-48(23-31-52)44(5)6)60-40-41-62(74-60)67(68(55)75-63)54-34-26-50(27-35-54)46(9)10/h17-46,72,75H,11-12H2,1-10H3. The maximum Gasteiger partial charge on any atom is 0.265 e. The molecule has 1 fully saturated rings. The Hall–Kier alpha value is -8.89. The molecule has 3 aromatic heterocycles. The van der Waals surface area contributed by atoms with Crippen LogP contribution in [0.5, 0.6) is 0 Å². The van der Waals surface area contributed by atoms with Crippen LogP contribution in [-0.4, -0.2) is 59.8 Å². The zero-order valence-corrected chi connectivity index (χ0v) is 48.1. The monoisotopic (exact) mass is 1070 g/mol. The van der Waals surface area contributed by atoms with Crippen molar-refractivity contribution in [2.75, 3.05) is 13.1 Å². The van der Waals surface area contributed by atoms with E-state index < -0.39 is 11.8 Å². The van der Waals surface area contributed by atoms with Crippen LogP contribution in [0.3, 0.4) is 0 Å². The van der Waals surface area contributed by atoms with Crippen molar-refractivity contribution in [2.24, 2.45) is 0 Å². The first-order valence-corrected chi connectivity index (χ1v) is 28.2. The highest BCUT2D eigenvalue weighted by molar-refractivity contribution is 7.80. The zero-order chi connectivity index (χ0) is 56.4. The molecule has 4 aromatic carbocycles.